The fourth-order valence-electron chi connectivity index (χ4n) is 1.47. The van der Waals surface area contributed by atoms with Gasteiger partial charge in [0.05, 0.1) is 12.1 Å². The van der Waals surface area contributed by atoms with E-state index in [1.54, 1.807) is 0 Å². The van der Waals surface area contributed by atoms with E-state index >= 15 is 0 Å². The average molecular weight is 283 g/mol. The molecule has 6 heteroatoms. The smallest absolute Gasteiger partial charge is 0.153 e. The first-order valence-electron chi connectivity index (χ1n) is 5.88. The van der Waals surface area contributed by atoms with E-state index in [-0.39, 0.29) is 16.1 Å². The minimum Gasteiger partial charge on any atom is -0.306 e. The van der Waals surface area contributed by atoms with E-state index in [0.717, 1.165) is 0 Å². The molecule has 1 heterocycles. The number of nitrogens with zero attached hydrogens (tertiary/aromatic N) is 2. The van der Waals surface area contributed by atoms with Gasteiger partial charge in [0.25, 0.3) is 0 Å². The maximum Gasteiger partial charge on any atom is 0.153 e. The van der Waals surface area contributed by atoms with Crippen LogP contribution in [0.5, 0.6) is 0 Å². The molecule has 0 spiro atoms. The summed E-state index contributed by atoms with van der Waals surface area (Å²) < 4.78 is 27.2. The van der Waals surface area contributed by atoms with Gasteiger partial charge in [-0.25, -0.2) is 8.78 Å². The van der Waals surface area contributed by atoms with Crippen LogP contribution in [0.25, 0.3) is 10.6 Å². The van der Waals surface area contributed by atoms with Crippen molar-refractivity contribution in [1.29, 1.82) is 0 Å². The summed E-state index contributed by atoms with van der Waals surface area (Å²) >= 11 is 1.19. The Hall–Kier alpha value is -1.40. The van der Waals surface area contributed by atoms with Crippen LogP contribution in [-0.4, -0.2) is 15.7 Å². The molecule has 0 saturated heterocycles. The lowest BCUT2D eigenvalue weighted by molar-refractivity contribution is 0.423. The van der Waals surface area contributed by atoms with Gasteiger partial charge in [0.2, 0.25) is 0 Å². The highest BCUT2D eigenvalue weighted by Crippen LogP contribution is 2.28. The molecule has 1 N–H and O–H groups in total. The van der Waals surface area contributed by atoms with Crippen molar-refractivity contribution in [3.63, 3.8) is 0 Å². The molecule has 0 saturated carbocycles. The first-order chi connectivity index (χ1) is 8.87. The SMILES string of the molecule is CC(C)(C)NCc1nnc(-c2c(F)cccc2F)s1. The monoisotopic (exact) mass is 283 g/mol. The van der Waals surface area contributed by atoms with Crippen molar-refractivity contribution >= 4 is 11.3 Å². The van der Waals surface area contributed by atoms with Gasteiger partial charge >= 0.3 is 0 Å². The molecule has 1 aromatic carbocycles. The Kier molecular flexibility index (Phi) is 3.91. The predicted octanol–water partition coefficient (Wildman–Crippen LogP) is 3.37. The number of hydrogen-bond acceptors (Lipinski definition) is 4. The van der Waals surface area contributed by atoms with Crippen LogP contribution in [0.2, 0.25) is 0 Å². The quantitative estimate of drug-likeness (QED) is 0.938. The third-order valence-corrected chi connectivity index (χ3v) is 3.35. The van der Waals surface area contributed by atoms with E-state index in [1.165, 1.54) is 29.5 Å². The van der Waals surface area contributed by atoms with Crippen molar-refractivity contribution in [3.8, 4) is 10.6 Å². The molecule has 0 aliphatic carbocycles. The van der Waals surface area contributed by atoms with Gasteiger partial charge in [-0.2, -0.15) is 0 Å². The zero-order valence-electron chi connectivity index (χ0n) is 11.0. The summed E-state index contributed by atoms with van der Waals surface area (Å²) in [5.74, 6) is -1.24. The number of aromatic nitrogens is 2. The van der Waals surface area contributed by atoms with Crippen LogP contribution in [0.15, 0.2) is 18.2 Å². The first kappa shape index (κ1) is 14.0. The van der Waals surface area contributed by atoms with Gasteiger partial charge in [0.1, 0.15) is 16.6 Å². The molecule has 0 aliphatic heterocycles. The van der Waals surface area contributed by atoms with E-state index in [0.29, 0.717) is 11.6 Å². The minimum atomic E-state index is -0.619. The Bertz CT molecular complexity index is 555. The summed E-state index contributed by atoms with van der Waals surface area (Å²) in [7, 11) is 0. The molecule has 19 heavy (non-hydrogen) atoms. The molecule has 0 atom stereocenters. The Labute approximate surface area is 114 Å². The largest absolute Gasteiger partial charge is 0.306 e. The molecule has 1 aromatic heterocycles. The highest BCUT2D eigenvalue weighted by atomic mass is 32.1. The average Bonchev–Trinajstić information content (AvgIpc) is 2.74. The van der Waals surface area contributed by atoms with Gasteiger partial charge in [-0.3, -0.25) is 0 Å². The molecule has 2 aromatic rings. The van der Waals surface area contributed by atoms with Crippen LogP contribution in [0, 0.1) is 11.6 Å². The second-order valence-corrected chi connectivity index (χ2v) is 6.26. The Morgan fingerprint density at radius 2 is 1.79 bits per heavy atom. The fourth-order valence-corrected chi connectivity index (χ4v) is 2.30. The number of benzene rings is 1. The highest BCUT2D eigenvalue weighted by Gasteiger charge is 2.16. The predicted molar refractivity (Wildman–Crippen MR) is 71.9 cm³/mol. The Balaban J connectivity index is 2.22. The van der Waals surface area contributed by atoms with Crippen molar-refractivity contribution in [2.24, 2.45) is 0 Å². The lowest BCUT2D eigenvalue weighted by Crippen LogP contribution is -2.35. The summed E-state index contributed by atoms with van der Waals surface area (Å²) in [5.41, 5.74) is -0.156. The van der Waals surface area contributed by atoms with E-state index in [1.807, 2.05) is 20.8 Å². The molecule has 102 valence electrons. The zero-order chi connectivity index (χ0) is 14.0. The summed E-state index contributed by atoms with van der Waals surface area (Å²) in [5, 5.41) is 12.0. The second-order valence-electron chi connectivity index (χ2n) is 5.20. The molecular formula is C13H15F2N3S. The molecule has 0 radical (unpaired) electrons. The maximum absolute atomic E-state index is 13.6. The van der Waals surface area contributed by atoms with Crippen LogP contribution in [0.1, 0.15) is 25.8 Å². The fraction of sp³-hybridized carbons (Fsp3) is 0.385. The van der Waals surface area contributed by atoms with Crippen molar-refractivity contribution < 1.29 is 8.78 Å². The van der Waals surface area contributed by atoms with Crippen LogP contribution in [0.3, 0.4) is 0 Å². The molecule has 3 nitrogen and oxygen atoms in total. The van der Waals surface area contributed by atoms with Crippen molar-refractivity contribution in [3.05, 3.63) is 34.8 Å². The molecule has 2 rings (SSSR count). The second kappa shape index (κ2) is 5.30. The molecular weight excluding hydrogens is 268 g/mol. The molecule has 0 fully saturated rings. The van der Waals surface area contributed by atoms with Crippen LogP contribution < -0.4 is 5.32 Å². The zero-order valence-corrected chi connectivity index (χ0v) is 11.8. The minimum absolute atomic E-state index is 0.0465. The van der Waals surface area contributed by atoms with E-state index < -0.39 is 11.6 Å². The van der Waals surface area contributed by atoms with E-state index in [9.17, 15) is 8.78 Å². The van der Waals surface area contributed by atoms with Gasteiger partial charge in [-0.15, -0.1) is 10.2 Å². The highest BCUT2D eigenvalue weighted by molar-refractivity contribution is 7.14. The van der Waals surface area contributed by atoms with E-state index in [2.05, 4.69) is 15.5 Å². The molecule has 0 bridgehead atoms. The van der Waals surface area contributed by atoms with Gasteiger partial charge in [-0.1, -0.05) is 17.4 Å². The van der Waals surface area contributed by atoms with Crippen LogP contribution >= 0.6 is 11.3 Å². The van der Waals surface area contributed by atoms with Crippen molar-refractivity contribution in [2.75, 3.05) is 0 Å². The standard InChI is InChI=1S/C13H15F2N3S/c1-13(2,3)16-7-10-17-18-12(19-10)11-8(14)5-4-6-9(11)15/h4-6,16H,7H2,1-3H3. The lowest BCUT2D eigenvalue weighted by Gasteiger charge is -2.19. The van der Waals surface area contributed by atoms with Crippen molar-refractivity contribution in [2.45, 2.75) is 32.9 Å². The van der Waals surface area contributed by atoms with Crippen LogP contribution in [-0.2, 0) is 6.54 Å². The summed E-state index contributed by atoms with van der Waals surface area (Å²) in [6, 6.07) is 3.76. The van der Waals surface area contributed by atoms with E-state index in [4.69, 9.17) is 0 Å². The Morgan fingerprint density at radius 3 is 2.37 bits per heavy atom. The normalized spacial score (nSPS) is 11.8. The third-order valence-electron chi connectivity index (χ3n) is 2.41. The van der Waals surface area contributed by atoms with Crippen molar-refractivity contribution in [1.82, 2.24) is 15.5 Å². The van der Waals surface area contributed by atoms with Gasteiger partial charge in [0, 0.05) is 5.54 Å². The lowest BCUT2D eigenvalue weighted by atomic mass is 10.1. The Morgan fingerprint density at radius 1 is 1.16 bits per heavy atom. The number of rotatable bonds is 3. The van der Waals surface area contributed by atoms with Crippen LogP contribution in [0.4, 0.5) is 8.78 Å². The topological polar surface area (TPSA) is 37.8 Å². The number of hydrogen-bond donors (Lipinski definition) is 1. The van der Waals surface area contributed by atoms with Gasteiger partial charge < -0.3 is 5.32 Å². The number of nitrogens with one attached hydrogen (secondary N) is 1. The molecule has 0 unspecified atom stereocenters. The van der Waals surface area contributed by atoms with Gasteiger partial charge in [-0.05, 0) is 32.9 Å². The third kappa shape index (κ3) is 3.54. The molecule has 0 amide bonds. The van der Waals surface area contributed by atoms with Gasteiger partial charge in [0.15, 0.2) is 5.01 Å². The summed E-state index contributed by atoms with van der Waals surface area (Å²) in [4.78, 5) is 0. The first-order valence-corrected chi connectivity index (χ1v) is 6.70. The summed E-state index contributed by atoms with van der Waals surface area (Å²) in [6.45, 7) is 6.62. The maximum atomic E-state index is 13.6. The molecule has 0 aliphatic rings. The number of halogens is 2. The summed E-state index contributed by atoms with van der Waals surface area (Å²) in [6.07, 6.45) is 0.